The van der Waals surface area contributed by atoms with E-state index in [-0.39, 0.29) is 0 Å². The number of hydrogen-bond donors (Lipinski definition) is 1. The molecule has 3 nitrogen and oxygen atoms in total. The summed E-state index contributed by atoms with van der Waals surface area (Å²) in [5.74, 6) is -1.66. The average molecular weight is 237 g/mol. The van der Waals surface area contributed by atoms with E-state index in [9.17, 15) is 8.78 Å². The van der Waals surface area contributed by atoms with Crippen molar-refractivity contribution in [2.24, 2.45) is 0 Å². The number of nitrogens with one attached hydrogen (secondary N) is 1. The van der Waals surface area contributed by atoms with Crippen molar-refractivity contribution in [1.29, 1.82) is 0 Å². The van der Waals surface area contributed by atoms with Crippen LogP contribution in [0.25, 0.3) is 0 Å². The topological polar surface area (TPSA) is 29.9 Å². The summed E-state index contributed by atoms with van der Waals surface area (Å²) >= 11 is 0. The van der Waals surface area contributed by atoms with Crippen LogP contribution in [0.3, 0.4) is 0 Å². The number of nitrogens with zero attached hydrogens (tertiary/aromatic N) is 2. The molecule has 0 unspecified atom stereocenters. The summed E-state index contributed by atoms with van der Waals surface area (Å²) in [6.45, 7) is 1.17. The van der Waals surface area contributed by atoms with Gasteiger partial charge in [-0.25, -0.2) is 8.78 Å². The van der Waals surface area contributed by atoms with Crippen LogP contribution in [0.4, 0.5) is 8.78 Å². The Morgan fingerprint density at radius 3 is 2.76 bits per heavy atom. The lowest BCUT2D eigenvalue weighted by Gasteiger charge is -2.02. The molecule has 0 fully saturated rings. The lowest BCUT2D eigenvalue weighted by Crippen LogP contribution is -2.04. The maximum atomic E-state index is 13.0. The minimum atomic E-state index is -0.829. The van der Waals surface area contributed by atoms with E-state index in [0.717, 1.165) is 18.2 Å². The van der Waals surface area contributed by atoms with Gasteiger partial charge in [0.2, 0.25) is 0 Å². The summed E-state index contributed by atoms with van der Waals surface area (Å²) in [6.07, 6.45) is 3.62. The van der Waals surface area contributed by atoms with Crippen molar-refractivity contribution in [3.63, 3.8) is 0 Å². The third-order valence-electron chi connectivity index (χ3n) is 2.40. The van der Waals surface area contributed by atoms with Crippen molar-refractivity contribution in [2.45, 2.75) is 13.1 Å². The van der Waals surface area contributed by atoms with Crippen molar-refractivity contribution in [2.75, 3.05) is 7.05 Å². The first-order valence-electron chi connectivity index (χ1n) is 5.29. The smallest absolute Gasteiger partial charge is 0.159 e. The fourth-order valence-corrected chi connectivity index (χ4v) is 1.61. The molecular weight excluding hydrogens is 224 g/mol. The van der Waals surface area contributed by atoms with Gasteiger partial charge in [-0.2, -0.15) is 5.10 Å². The van der Waals surface area contributed by atoms with Crippen molar-refractivity contribution in [3.05, 3.63) is 53.4 Å². The van der Waals surface area contributed by atoms with E-state index in [1.165, 1.54) is 6.07 Å². The number of hydrogen-bond acceptors (Lipinski definition) is 2. The standard InChI is InChI=1S/C12H13F2N3/c1-15-5-10-6-16-17(8-10)7-9-2-3-11(13)12(14)4-9/h2-4,6,8,15H,5,7H2,1H3. The summed E-state index contributed by atoms with van der Waals surface area (Å²) in [4.78, 5) is 0. The minimum Gasteiger partial charge on any atom is -0.316 e. The number of rotatable bonds is 4. The zero-order valence-corrected chi connectivity index (χ0v) is 9.45. The molecule has 1 aromatic carbocycles. The number of benzene rings is 1. The van der Waals surface area contributed by atoms with E-state index in [2.05, 4.69) is 10.4 Å². The van der Waals surface area contributed by atoms with Gasteiger partial charge in [0.1, 0.15) is 0 Å². The Kier molecular flexibility index (Phi) is 3.49. The van der Waals surface area contributed by atoms with Crippen LogP contribution in [0.1, 0.15) is 11.1 Å². The molecule has 2 aromatic rings. The normalized spacial score (nSPS) is 10.8. The van der Waals surface area contributed by atoms with Crippen molar-refractivity contribution in [3.8, 4) is 0 Å². The van der Waals surface area contributed by atoms with E-state index < -0.39 is 11.6 Å². The van der Waals surface area contributed by atoms with Gasteiger partial charge < -0.3 is 5.32 Å². The fraction of sp³-hybridized carbons (Fsp3) is 0.250. The molecule has 0 saturated heterocycles. The lowest BCUT2D eigenvalue weighted by molar-refractivity contribution is 0.506. The fourth-order valence-electron chi connectivity index (χ4n) is 1.61. The van der Waals surface area contributed by atoms with Gasteiger partial charge in [0.15, 0.2) is 11.6 Å². The van der Waals surface area contributed by atoms with Crippen LogP contribution >= 0.6 is 0 Å². The minimum absolute atomic E-state index is 0.431. The van der Waals surface area contributed by atoms with Gasteiger partial charge in [-0.1, -0.05) is 6.07 Å². The predicted molar refractivity (Wildman–Crippen MR) is 60.5 cm³/mol. The van der Waals surface area contributed by atoms with Crippen molar-refractivity contribution >= 4 is 0 Å². The monoisotopic (exact) mass is 237 g/mol. The molecule has 90 valence electrons. The Hall–Kier alpha value is -1.75. The highest BCUT2D eigenvalue weighted by Gasteiger charge is 2.04. The van der Waals surface area contributed by atoms with Crippen molar-refractivity contribution in [1.82, 2.24) is 15.1 Å². The van der Waals surface area contributed by atoms with E-state index in [1.54, 1.807) is 16.9 Å². The maximum absolute atomic E-state index is 13.0. The van der Waals surface area contributed by atoms with Crippen molar-refractivity contribution < 1.29 is 8.78 Å². The van der Waals surface area contributed by atoms with Gasteiger partial charge >= 0.3 is 0 Å². The summed E-state index contributed by atoms with van der Waals surface area (Å²) in [6, 6.07) is 3.87. The molecule has 0 spiro atoms. The van der Waals surface area contributed by atoms with Crippen LogP contribution in [0, 0.1) is 11.6 Å². The third-order valence-corrected chi connectivity index (χ3v) is 2.40. The van der Waals surface area contributed by atoms with Gasteiger partial charge in [-0.05, 0) is 24.7 Å². The first-order chi connectivity index (χ1) is 8.19. The summed E-state index contributed by atoms with van der Waals surface area (Å²) in [5, 5.41) is 7.16. The highest BCUT2D eigenvalue weighted by Crippen LogP contribution is 2.10. The van der Waals surface area contributed by atoms with Crippen LogP contribution in [0.15, 0.2) is 30.6 Å². The molecule has 0 atom stereocenters. The number of halogens is 2. The zero-order chi connectivity index (χ0) is 12.3. The third kappa shape index (κ3) is 2.88. The Labute approximate surface area is 98.1 Å². The molecule has 0 aliphatic heterocycles. The Balaban J connectivity index is 2.11. The Bertz CT molecular complexity index is 508. The second-order valence-electron chi connectivity index (χ2n) is 3.82. The van der Waals surface area contributed by atoms with Crippen LogP contribution in [0.5, 0.6) is 0 Å². The van der Waals surface area contributed by atoms with Crippen LogP contribution < -0.4 is 5.32 Å². The predicted octanol–water partition coefficient (Wildman–Crippen LogP) is 1.93. The molecule has 0 bridgehead atoms. The molecule has 0 saturated carbocycles. The Morgan fingerprint density at radius 1 is 1.24 bits per heavy atom. The highest BCUT2D eigenvalue weighted by molar-refractivity contribution is 5.18. The Morgan fingerprint density at radius 2 is 2.06 bits per heavy atom. The summed E-state index contributed by atoms with van der Waals surface area (Å²) in [5.41, 5.74) is 1.73. The van der Waals surface area contributed by atoms with Crippen LogP contribution in [-0.4, -0.2) is 16.8 Å². The maximum Gasteiger partial charge on any atom is 0.159 e. The lowest BCUT2D eigenvalue weighted by atomic mass is 10.2. The molecule has 2 rings (SSSR count). The van der Waals surface area contributed by atoms with Gasteiger partial charge in [0, 0.05) is 18.3 Å². The molecule has 0 amide bonds. The molecule has 0 radical (unpaired) electrons. The molecule has 1 N–H and O–H groups in total. The van der Waals surface area contributed by atoms with E-state index >= 15 is 0 Å². The molecular formula is C12H13F2N3. The summed E-state index contributed by atoms with van der Waals surface area (Å²) < 4.78 is 27.4. The molecule has 17 heavy (non-hydrogen) atoms. The quantitative estimate of drug-likeness (QED) is 0.880. The van der Waals surface area contributed by atoms with Crippen LogP contribution in [0.2, 0.25) is 0 Å². The highest BCUT2D eigenvalue weighted by atomic mass is 19.2. The molecule has 1 heterocycles. The van der Waals surface area contributed by atoms with Gasteiger partial charge in [0.05, 0.1) is 12.7 Å². The second-order valence-corrected chi connectivity index (χ2v) is 3.82. The average Bonchev–Trinajstić information content (AvgIpc) is 2.72. The SMILES string of the molecule is CNCc1cnn(Cc2ccc(F)c(F)c2)c1. The second kappa shape index (κ2) is 5.05. The molecule has 0 aliphatic carbocycles. The van der Waals surface area contributed by atoms with Gasteiger partial charge in [-0.15, -0.1) is 0 Å². The largest absolute Gasteiger partial charge is 0.316 e. The van der Waals surface area contributed by atoms with E-state index in [4.69, 9.17) is 0 Å². The first-order valence-corrected chi connectivity index (χ1v) is 5.29. The zero-order valence-electron chi connectivity index (χ0n) is 9.45. The number of aromatic nitrogens is 2. The molecule has 5 heteroatoms. The van der Waals surface area contributed by atoms with E-state index in [1.807, 2.05) is 13.2 Å². The van der Waals surface area contributed by atoms with Gasteiger partial charge in [0.25, 0.3) is 0 Å². The molecule has 0 aliphatic rings. The first kappa shape index (κ1) is 11.7. The molecule has 1 aromatic heterocycles. The summed E-state index contributed by atoms with van der Waals surface area (Å²) in [7, 11) is 1.85. The van der Waals surface area contributed by atoms with E-state index in [0.29, 0.717) is 12.1 Å². The van der Waals surface area contributed by atoms with Crippen LogP contribution in [-0.2, 0) is 13.1 Å². The van der Waals surface area contributed by atoms with Gasteiger partial charge in [-0.3, -0.25) is 4.68 Å².